The molecule has 0 saturated heterocycles. The molecule has 0 aliphatic heterocycles. The summed E-state index contributed by atoms with van der Waals surface area (Å²) in [6.07, 6.45) is 3.68. The number of hydrogen-bond donors (Lipinski definition) is 1. The number of carbonyl (C=O) groups is 2. The summed E-state index contributed by atoms with van der Waals surface area (Å²) in [6.45, 7) is 9.58. The third-order valence-corrected chi connectivity index (χ3v) is 6.03. The molecule has 1 saturated carbocycles. The van der Waals surface area contributed by atoms with Crippen LogP contribution in [0.3, 0.4) is 0 Å². The molecule has 2 unspecified atom stereocenters. The van der Waals surface area contributed by atoms with Gasteiger partial charge < -0.3 is 5.11 Å². The molecule has 2 rings (SSSR count). The number of carboxylic acid groups (broad SMARTS) is 1. The number of rotatable bonds is 5. The van der Waals surface area contributed by atoms with Crippen LogP contribution in [0.15, 0.2) is 12.1 Å². The molecule has 0 spiro atoms. The van der Waals surface area contributed by atoms with E-state index in [-0.39, 0.29) is 5.78 Å². The normalized spacial score (nSPS) is 18.0. The van der Waals surface area contributed by atoms with Gasteiger partial charge in [0.05, 0.1) is 5.41 Å². The lowest BCUT2D eigenvalue weighted by Crippen LogP contribution is -2.49. The lowest BCUT2D eigenvalue weighted by Gasteiger charge is -2.42. The lowest BCUT2D eigenvalue weighted by atomic mass is 9.58. The zero-order valence-electron chi connectivity index (χ0n) is 15.9. The van der Waals surface area contributed by atoms with E-state index in [1.165, 1.54) is 9.12 Å². The SMILES string of the molecule is CCC(C)(C(=O)O)C1(C(=O)c2c(C)cc(C)cc2C)CCCC1.O=[PH2+]. The first kappa shape index (κ1) is 21.5. The molecule has 25 heavy (non-hydrogen) atoms. The van der Waals surface area contributed by atoms with Gasteiger partial charge in [-0.1, -0.05) is 42.0 Å². The van der Waals surface area contributed by atoms with Gasteiger partial charge in [0.15, 0.2) is 5.78 Å². The number of Topliss-reactive ketones (excluding diaryl/α,β-unsaturated/α-hetero) is 1. The molecule has 1 aromatic rings. The van der Waals surface area contributed by atoms with Crippen molar-refractivity contribution in [3.05, 3.63) is 34.4 Å². The van der Waals surface area contributed by atoms with Crippen molar-refractivity contribution in [1.29, 1.82) is 0 Å². The third kappa shape index (κ3) is 3.55. The second-order valence-electron chi connectivity index (χ2n) is 7.38. The Morgan fingerprint density at radius 3 is 1.92 bits per heavy atom. The summed E-state index contributed by atoms with van der Waals surface area (Å²) in [6, 6.07) is 4.04. The van der Waals surface area contributed by atoms with E-state index in [9.17, 15) is 14.7 Å². The molecule has 1 aliphatic rings. The number of aliphatic carboxylic acids is 1. The summed E-state index contributed by atoms with van der Waals surface area (Å²) in [7, 11) is 1.17. The van der Waals surface area contributed by atoms with E-state index in [4.69, 9.17) is 4.57 Å². The summed E-state index contributed by atoms with van der Waals surface area (Å²) in [5, 5.41) is 9.88. The van der Waals surface area contributed by atoms with Gasteiger partial charge in [-0.15, -0.1) is 0 Å². The Morgan fingerprint density at radius 2 is 1.56 bits per heavy atom. The number of carboxylic acids is 1. The molecule has 1 fully saturated rings. The molecule has 2 atom stereocenters. The van der Waals surface area contributed by atoms with Crippen molar-refractivity contribution in [1.82, 2.24) is 0 Å². The van der Waals surface area contributed by atoms with Gasteiger partial charge in [0.25, 0.3) is 0 Å². The third-order valence-electron chi connectivity index (χ3n) is 6.03. The average molecular weight is 365 g/mol. The highest BCUT2D eigenvalue weighted by molar-refractivity contribution is 7.00. The molecule has 0 radical (unpaired) electrons. The highest BCUT2D eigenvalue weighted by Crippen LogP contribution is 2.55. The van der Waals surface area contributed by atoms with Gasteiger partial charge in [0.1, 0.15) is 0 Å². The molecule has 5 heteroatoms. The summed E-state index contributed by atoms with van der Waals surface area (Å²) >= 11 is 0. The maximum atomic E-state index is 13.6. The minimum Gasteiger partial charge on any atom is -0.481 e. The van der Waals surface area contributed by atoms with E-state index in [0.29, 0.717) is 19.3 Å². The van der Waals surface area contributed by atoms with Gasteiger partial charge in [-0.05, 0) is 58.1 Å². The van der Waals surface area contributed by atoms with Crippen LogP contribution in [-0.2, 0) is 9.36 Å². The molecule has 0 heterocycles. The zero-order valence-corrected chi connectivity index (χ0v) is 17.1. The molecule has 1 aliphatic carbocycles. The Bertz CT molecular complexity index is 639. The molecule has 1 N–H and O–H groups in total. The molecule has 0 bridgehead atoms. The van der Waals surface area contributed by atoms with Crippen LogP contribution in [0.4, 0.5) is 0 Å². The molecule has 4 nitrogen and oxygen atoms in total. The minimum atomic E-state index is -1.01. The molecular formula is C20H30O4P+. The van der Waals surface area contributed by atoms with Crippen LogP contribution in [0.25, 0.3) is 0 Å². The van der Waals surface area contributed by atoms with Crippen molar-refractivity contribution in [2.24, 2.45) is 10.8 Å². The fourth-order valence-corrected chi connectivity index (χ4v) is 4.48. The Hall–Kier alpha value is -1.54. The van der Waals surface area contributed by atoms with E-state index < -0.39 is 16.8 Å². The predicted molar refractivity (Wildman–Crippen MR) is 102 cm³/mol. The van der Waals surface area contributed by atoms with E-state index >= 15 is 0 Å². The fourth-order valence-electron chi connectivity index (χ4n) is 4.48. The maximum Gasteiger partial charge on any atom is 0.310 e. The van der Waals surface area contributed by atoms with Crippen molar-refractivity contribution in [3.8, 4) is 0 Å². The molecule has 1 aromatic carbocycles. The second kappa shape index (κ2) is 8.23. The van der Waals surface area contributed by atoms with Gasteiger partial charge in [-0.3, -0.25) is 9.59 Å². The summed E-state index contributed by atoms with van der Waals surface area (Å²) in [4.78, 5) is 25.6. The van der Waals surface area contributed by atoms with E-state index in [2.05, 4.69) is 0 Å². The monoisotopic (exact) mass is 365 g/mol. The number of aryl methyl sites for hydroxylation is 3. The van der Waals surface area contributed by atoms with Crippen LogP contribution in [0.1, 0.15) is 73.0 Å². The Balaban J connectivity index is 0.00000151. The lowest BCUT2D eigenvalue weighted by molar-refractivity contribution is -0.155. The van der Waals surface area contributed by atoms with E-state index in [0.717, 1.165) is 35.1 Å². The van der Waals surface area contributed by atoms with Crippen molar-refractivity contribution < 1.29 is 19.3 Å². The number of benzene rings is 1. The zero-order chi connectivity index (χ0) is 19.4. The number of ketones is 1. The van der Waals surface area contributed by atoms with Gasteiger partial charge in [-0.2, -0.15) is 0 Å². The number of hydrogen-bond acceptors (Lipinski definition) is 3. The van der Waals surface area contributed by atoms with Gasteiger partial charge in [0.2, 0.25) is 0 Å². The first-order valence-electron chi connectivity index (χ1n) is 8.79. The molecular weight excluding hydrogens is 335 g/mol. The van der Waals surface area contributed by atoms with Gasteiger partial charge in [-0.25, -0.2) is 0 Å². The van der Waals surface area contributed by atoms with E-state index in [1.807, 2.05) is 39.8 Å². The summed E-state index contributed by atoms with van der Waals surface area (Å²) < 4.78 is 8.17. The predicted octanol–water partition coefficient (Wildman–Crippen LogP) is 5.06. The maximum absolute atomic E-state index is 13.6. The quantitative estimate of drug-likeness (QED) is 0.584. The molecule has 0 amide bonds. The Morgan fingerprint density at radius 1 is 1.12 bits per heavy atom. The highest BCUT2D eigenvalue weighted by atomic mass is 31.0. The Labute approximate surface area is 152 Å². The first-order chi connectivity index (χ1) is 11.7. The highest BCUT2D eigenvalue weighted by Gasteiger charge is 2.58. The second-order valence-corrected chi connectivity index (χ2v) is 7.38. The van der Waals surface area contributed by atoms with Crippen LogP contribution >= 0.6 is 9.12 Å². The first-order valence-corrected chi connectivity index (χ1v) is 9.26. The smallest absolute Gasteiger partial charge is 0.310 e. The summed E-state index contributed by atoms with van der Waals surface area (Å²) in [5.41, 5.74) is 2.00. The number of carbonyl (C=O) groups excluding carboxylic acids is 1. The van der Waals surface area contributed by atoms with Crippen LogP contribution < -0.4 is 0 Å². The topological polar surface area (TPSA) is 71.4 Å². The summed E-state index contributed by atoms with van der Waals surface area (Å²) in [5.74, 6) is -0.811. The minimum absolute atomic E-state index is 0.0387. The van der Waals surface area contributed by atoms with Crippen LogP contribution in [-0.4, -0.2) is 16.9 Å². The molecule has 138 valence electrons. The van der Waals surface area contributed by atoms with Crippen LogP contribution in [0, 0.1) is 31.6 Å². The standard InChI is InChI=1S/C20H28O3.H2OP/c1-6-19(5,18(22)23)20(9-7-8-10-20)17(21)16-14(3)11-13(2)12-15(16)4;1-2/h11-12H,6-10H2,1-5H3,(H,22,23);2H2/q;+1. The van der Waals surface area contributed by atoms with Crippen molar-refractivity contribution >= 4 is 20.9 Å². The van der Waals surface area contributed by atoms with Gasteiger partial charge in [0, 0.05) is 11.0 Å². The largest absolute Gasteiger partial charge is 0.481 e. The van der Waals surface area contributed by atoms with Gasteiger partial charge >= 0.3 is 15.1 Å². The van der Waals surface area contributed by atoms with Crippen molar-refractivity contribution in [2.45, 2.75) is 66.7 Å². The van der Waals surface area contributed by atoms with Crippen LogP contribution in [0.2, 0.25) is 0 Å². The molecule has 0 aromatic heterocycles. The van der Waals surface area contributed by atoms with Crippen LogP contribution in [0.5, 0.6) is 0 Å². The Kier molecular flexibility index (Phi) is 7.08. The average Bonchev–Trinajstić information content (AvgIpc) is 3.06. The van der Waals surface area contributed by atoms with E-state index in [1.54, 1.807) is 6.92 Å². The van der Waals surface area contributed by atoms with Crippen molar-refractivity contribution in [2.75, 3.05) is 0 Å². The fraction of sp³-hybridized carbons (Fsp3) is 0.600. The van der Waals surface area contributed by atoms with Crippen molar-refractivity contribution in [3.63, 3.8) is 0 Å².